The second-order valence-corrected chi connectivity index (χ2v) is 6.46. The van der Waals surface area contributed by atoms with Gasteiger partial charge in [0.15, 0.2) is 0 Å². The largest absolute Gasteiger partial charge is 0.424 e. The van der Waals surface area contributed by atoms with Crippen LogP contribution in [-0.4, -0.2) is 44.3 Å². The van der Waals surface area contributed by atoms with Crippen LogP contribution in [0.2, 0.25) is 0 Å². The van der Waals surface area contributed by atoms with Gasteiger partial charge in [-0.15, -0.1) is 10.2 Å². The number of carbonyl (C=O) groups is 1. The molecule has 1 saturated carbocycles. The summed E-state index contributed by atoms with van der Waals surface area (Å²) in [5.41, 5.74) is 6.52. The summed E-state index contributed by atoms with van der Waals surface area (Å²) in [6.07, 6.45) is 4.47. The molecule has 1 aliphatic heterocycles. The number of nitrogens with zero attached hydrogens (tertiary/aromatic N) is 4. The SMILES string of the molecule is NC(=O)c1cc([C@H]2CCCN(Cc3nnc(C4CC4)o3)C2)[nH]n1. The molecule has 3 heterocycles. The number of hydrogen-bond donors (Lipinski definition) is 2. The molecule has 0 aromatic carbocycles. The molecule has 0 unspecified atom stereocenters. The van der Waals surface area contributed by atoms with Gasteiger partial charge in [0.05, 0.1) is 6.54 Å². The summed E-state index contributed by atoms with van der Waals surface area (Å²) in [6.45, 7) is 2.56. The highest BCUT2D eigenvalue weighted by Gasteiger charge is 2.30. The van der Waals surface area contributed by atoms with Crippen LogP contribution in [-0.2, 0) is 6.54 Å². The third-order valence-corrected chi connectivity index (χ3v) is 4.56. The van der Waals surface area contributed by atoms with Crippen molar-refractivity contribution in [2.45, 2.75) is 44.1 Å². The van der Waals surface area contributed by atoms with Crippen LogP contribution in [0.5, 0.6) is 0 Å². The minimum Gasteiger partial charge on any atom is -0.424 e. The molecule has 8 nitrogen and oxygen atoms in total. The Morgan fingerprint density at radius 1 is 1.35 bits per heavy atom. The zero-order valence-corrected chi connectivity index (χ0v) is 12.9. The summed E-state index contributed by atoms with van der Waals surface area (Å²) in [4.78, 5) is 13.5. The maximum absolute atomic E-state index is 11.2. The van der Waals surface area contributed by atoms with Gasteiger partial charge in [-0.3, -0.25) is 14.8 Å². The molecule has 8 heteroatoms. The van der Waals surface area contributed by atoms with E-state index in [1.807, 2.05) is 0 Å². The number of carbonyl (C=O) groups excluding carboxylic acids is 1. The molecule has 2 aromatic heterocycles. The Bertz CT molecular complexity index is 704. The molecule has 2 aromatic rings. The number of aromatic amines is 1. The molecule has 122 valence electrons. The molecular weight excluding hydrogens is 296 g/mol. The number of nitrogens with two attached hydrogens (primary N) is 1. The Labute approximate surface area is 133 Å². The monoisotopic (exact) mass is 316 g/mol. The molecule has 2 fully saturated rings. The number of likely N-dealkylation sites (tertiary alicyclic amines) is 1. The molecular formula is C15H20N6O2. The van der Waals surface area contributed by atoms with Gasteiger partial charge in [-0.05, 0) is 38.3 Å². The van der Waals surface area contributed by atoms with Gasteiger partial charge in [0.1, 0.15) is 5.69 Å². The van der Waals surface area contributed by atoms with E-state index in [9.17, 15) is 4.79 Å². The minimum atomic E-state index is -0.501. The lowest BCUT2D eigenvalue weighted by molar-refractivity contribution is 0.0995. The Balaban J connectivity index is 1.40. The fourth-order valence-electron chi connectivity index (χ4n) is 3.14. The Kier molecular flexibility index (Phi) is 3.60. The molecule has 0 radical (unpaired) electrons. The van der Waals surface area contributed by atoms with Crippen LogP contribution in [0.15, 0.2) is 10.5 Å². The fourth-order valence-corrected chi connectivity index (χ4v) is 3.14. The van der Waals surface area contributed by atoms with E-state index in [1.54, 1.807) is 6.07 Å². The molecule has 23 heavy (non-hydrogen) atoms. The average Bonchev–Trinajstić information content (AvgIpc) is 3.09. The topological polar surface area (TPSA) is 114 Å². The Hall–Kier alpha value is -2.22. The molecule has 4 rings (SSSR count). The van der Waals surface area contributed by atoms with Gasteiger partial charge in [0, 0.05) is 24.1 Å². The van der Waals surface area contributed by atoms with Crippen molar-refractivity contribution in [2.24, 2.45) is 5.73 Å². The van der Waals surface area contributed by atoms with Crippen molar-refractivity contribution in [3.05, 3.63) is 29.2 Å². The van der Waals surface area contributed by atoms with E-state index >= 15 is 0 Å². The zero-order chi connectivity index (χ0) is 15.8. The number of rotatable bonds is 5. The highest BCUT2D eigenvalue weighted by atomic mass is 16.4. The maximum Gasteiger partial charge on any atom is 0.269 e. The van der Waals surface area contributed by atoms with Gasteiger partial charge in [0.25, 0.3) is 5.91 Å². The van der Waals surface area contributed by atoms with Crippen LogP contribution >= 0.6 is 0 Å². The van der Waals surface area contributed by atoms with Gasteiger partial charge >= 0.3 is 0 Å². The maximum atomic E-state index is 11.2. The number of amides is 1. The smallest absolute Gasteiger partial charge is 0.269 e. The van der Waals surface area contributed by atoms with Crippen molar-refractivity contribution in [3.63, 3.8) is 0 Å². The van der Waals surface area contributed by atoms with Crippen LogP contribution in [0.25, 0.3) is 0 Å². The van der Waals surface area contributed by atoms with E-state index in [4.69, 9.17) is 10.2 Å². The second-order valence-electron chi connectivity index (χ2n) is 6.46. The van der Waals surface area contributed by atoms with Crippen molar-refractivity contribution in [3.8, 4) is 0 Å². The first-order valence-electron chi connectivity index (χ1n) is 8.09. The second kappa shape index (κ2) is 5.77. The lowest BCUT2D eigenvalue weighted by atomic mass is 9.94. The molecule has 1 saturated heterocycles. The van der Waals surface area contributed by atoms with E-state index in [0.717, 1.165) is 50.4 Å². The first-order chi connectivity index (χ1) is 11.2. The standard InChI is InChI=1S/C15H20N6O2/c16-14(22)12-6-11(17-18-12)10-2-1-5-21(7-10)8-13-19-20-15(23-13)9-3-4-9/h6,9-10H,1-5,7-8H2,(H2,16,22)(H,17,18)/t10-/m0/s1. The molecule has 1 aliphatic carbocycles. The third-order valence-electron chi connectivity index (χ3n) is 4.56. The summed E-state index contributed by atoms with van der Waals surface area (Å²) in [5.74, 6) is 1.78. The molecule has 0 spiro atoms. The number of hydrogen-bond acceptors (Lipinski definition) is 6. The van der Waals surface area contributed by atoms with E-state index in [0.29, 0.717) is 30.0 Å². The summed E-state index contributed by atoms with van der Waals surface area (Å²) >= 11 is 0. The summed E-state index contributed by atoms with van der Waals surface area (Å²) in [7, 11) is 0. The van der Waals surface area contributed by atoms with Crippen molar-refractivity contribution in [1.29, 1.82) is 0 Å². The fraction of sp³-hybridized carbons (Fsp3) is 0.600. The van der Waals surface area contributed by atoms with Crippen molar-refractivity contribution in [1.82, 2.24) is 25.3 Å². The van der Waals surface area contributed by atoms with Crippen molar-refractivity contribution >= 4 is 5.91 Å². The first kappa shape index (κ1) is 14.4. The molecule has 1 amide bonds. The predicted molar refractivity (Wildman–Crippen MR) is 80.6 cm³/mol. The molecule has 3 N–H and O–H groups in total. The lowest BCUT2D eigenvalue weighted by Crippen LogP contribution is -2.34. The third kappa shape index (κ3) is 3.12. The van der Waals surface area contributed by atoms with Gasteiger partial charge in [-0.1, -0.05) is 0 Å². The van der Waals surface area contributed by atoms with E-state index in [2.05, 4.69) is 25.3 Å². The number of nitrogens with one attached hydrogen (secondary N) is 1. The normalized spacial score (nSPS) is 22.3. The van der Waals surface area contributed by atoms with Crippen LogP contribution in [0.1, 0.15) is 65.5 Å². The number of H-pyrrole nitrogens is 1. The van der Waals surface area contributed by atoms with Gasteiger partial charge in [0.2, 0.25) is 11.8 Å². The highest BCUT2D eigenvalue weighted by Crippen LogP contribution is 2.39. The summed E-state index contributed by atoms with van der Waals surface area (Å²) in [5, 5.41) is 15.2. The van der Waals surface area contributed by atoms with Crippen LogP contribution in [0.3, 0.4) is 0 Å². The number of aromatic nitrogens is 4. The Morgan fingerprint density at radius 3 is 2.96 bits per heavy atom. The summed E-state index contributed by atoms with van der Waals surface area (Å²) in [6, 6.07) is 1.76. The van der Waals surface area contributed by atoms with Gasteiger partial charge < -0.3 is 10.2 Å². The molecule has 1 atom stereocenters. The first-order valence-corrected chi connectivity index (χ1v) is 8.09. The van der Waals surface area contributed by atoms with Crippen LogP contribution in [0.4, 0.5) is 0 Å². The molecule has 0 bridgehead atoms. The summed E-state index contributed by atoms with van der Waals surface area (Å²) < 4.78 is 5.74. The molecule has 2 aliphatic rings. The van der Waals surface area contributed by atoms with E-state index in [1.165, 1.54) is 0 Å². The Morgan fingerprint density at radius 2 is 2.22 bits per heavy atom. The van der Waals surface area contributed by atoms with Crippen molar-refractivity contribution < 1.29 is 9.21 Å². The average molecular weight is 316 g/mol. The number of primary amides is 1. The number of piperidine rings is 1. The van der Waals surface area contributed by atoms with Crippen LogP contribution < -0.4 is 5.73 Å². The van der Waals surface area contributed by atoms with Crippen LogP contribution in [0, 0.1) is 0 Å². The predicted octanol–water partition coefficient (Wildman–Crippen LogP) is 1.15. The van der Waals surface area contributed by atoms with Crippen molar-refractivity contribution in [2.75, 3.05) is 13.1 Å². The quantitative estimate of drug-likeness (QED) is 0.855. The van der Waals surface area contributed by atoms with Gasteiger partial charge in [-0.2, -0.15) is 5.10 Å². The van der Waals surface area contributed by atoms with Gasteiger partial charge in [-0.25, -0.2) is 0 Å². The highest BCUT2D eigenvalue weighted by molar-refractivity contribution is 5.90. The lowest BCUT2D eigenvalue weighted by Gasteiger charge is -2.31. The minimum absolute atomic E-state index is 0.295. The van der Waals surface area contributed by atoms with E-state index < -0.39 is 5.91 Å². The van der Waals surface area contributed by atoms with E-state index in [-0.39, 0.29) is 0 Å². The zero-order valence-electron chi connectivity index (χ0n) is 12.9.